The number of rotatable bonds is 17. The smallest absolute Gasteiger partial charge is 0.308 e. The van der Waals surface area contributed by atoms with Gasteiger partial charge in [-0.3, -0.25) is 4.79 Å². The predicted octanol–water partition coefficient (Wildman–Crippen LogP) is 4.77. The van der Waals surface area contributed by atoms with Crippen molar-refractivity contribution in [3.63, 3.8) is 0 Å². The number of carbonyl (C=O) groups excluding carboxylic acids is 1. The number of halogens is 1. The maximum Gasteiger partial charge on any atom is 0.308 e. The standard InChI is InChI=1S/C18H35IO4/c1-3-5-10-17(4-2)18(20)23-16-15-22-14-13-21-12-9-7-6-8-11-19/h17H,3-16H2,1-2H3. The van der Waals surface area contributed by atoms with Crippen LogP contribution in [-0.4, -0.2) is 43.4 Å². The molecule has 0 rings (SSSR count). The molecule has 0 spiro atoms. The molecule has 0 aliphatic rings. The molecule has 0 bridgehead atoms. The Hall–Kier alpha value is 0.120. The van der Waals surface area contributed by atoms with E-state index in [2.05, 4.69) is 29.5 Å². The van der Waals surface area contributed by atoms with E-state index in [0.29, 0.717) is 26.4 Å². The summed E-state index contributed by atoms with van der Waals surface area (Å²) in [5, 5.41) is 0. The first-order valence-electron chi connectivity index (χ1n) is 9.14. The molecule has 0 fully saturated rings. The maximum atomic E-state index is 11.9. The zero-order valence-electron chi connectivity index (χ0n) is 15.0. The van der Waals surface area contributed by atoms with E-state index in [1.165, 1.54) is 23.7 Å². The van der Waals surface area contributed by atoms with Gasteiger partial charge < -0.3 is 14.2 Å². The van der Waals surface area contributed by atoms with Crippen LogP contribution < -0.4 is 0 Å². The van der Waals surface area contributed by atoms with Crippen LogP contribution in [-0.2, 0) is 19.0 Å². The zero-order chi connectivity index (χ0) is 17.2. The van der Waals surface area contributed by atoms with Gasteiger partial charge in [0.2, 0.25) is 0 Å². The van der Waals surface area contributed by atoms with Gasteiger partial charge in [-0.15, -0.1) is 0 Å². The first-order chi connectivity index (χ1) is 11.3. The molecule has 0 aromatic rings. The molecule has 138 valence electrons. The van der Waals surface area contributed by atoms with Crippen molar-refractivity contribution in [2.75, 3.05) is 37.5 Å². The molecule has 1 unspecified atom stereocenters. The minimum absolute atomic E-state index is 0.0467. The lowest BCUT2D eigenvalue weighted by atomic mass is 10.00. The third-order valence-electron chi connectivity index (χ3n) is 3.75. The van der Waals surface area contributed by atoms with Crippen molar-refractivity contribution in [2.45, 2.75) is 65.2 Å². The molecule has 0 aromatic heterocycles. The van der Waals surface area contributed by atoms with Gasteiger partial charge in [0.1, 0.15) is 6.61 Å². The van der Waals surface area contributed by atoms with Crippen LogP contribution in [0.4, 0.5) is 0 Å². The predicted molar refractivity (Wildman–Crippen MR) is 103 cm³/mol. The van der Waals surface area contributed by atoms with E-state index in [4.69, 9.17) is 14.2 Å². The van der Waals surface area contributed by atoms with Gasteiger partial charge in [-0.2, -0.15) is 0 Å². The normalized spacial score (nSPS) is 12.3. The van der Waals surface area contributed by atoms with Crippen LogP contribution in [0.3, 0.4) is 0 Å². The van der Waals surface area contributed by atoms with Crippen LogP contribution in [0, 0.1) is 5.92 Å². The fourth-order valence-electron chi connectivity index (χ4n) is 2.23. The number of esters is 1. The van der Waals surface area contributed by atoms with Gasteiger partial charge in [-0.25, -0.2) is 0 Å². The van der Waals surface area contributed by atoms with Crippen molar-refractivity contribution in [1.82, 2.24) is 0 Å². The van der Waals surface area contributed by atoms with E-state index in [0.717, 1.165) is 38.7 Å². The Morgan fingerprint density at radius 1 is 0.870 bits per heavy atom. The Balaban J connectivity index is 3.33. The Labute approximate surface area is 156 Å². The summed E-state index contributed by atoms with van der Waals surface area (Å²) >= 11 is 2.41. The molecule has 23 heavy (non-hydrogen) atoms. The van der Waals surface area contributed by atoms with Crippen LogP contribution in [0.15, 0.2) is 0 Å². The van der Waals surface area contributed by atoms with Gasteiger partial charge in [0, 0.05) is 6.61 Å². The molecular weight excluding hydrogens is 407 g/mol. The molecule has 0 saturated carbocycles. The van der Waals surface area contributed by atoms with Crippen molar-refractivity contribution < 1.29 is 19.0 Å². The van der Waals surface area contributed by atoms with E-state index < -0.39 is 0 Å². The highest BCUT2D eigenvalue weighted by atomic mass is 127. The van der Waals surface area contributed by atoms with Crippen molar-refractivity contribution in [2.24, 2.45) is 5.92 Å². The first-order valence-corrected chi connectivity index (χ1v) is 10.7. The second-order valence-corrected chi connectivity index (χ2v) is 6.82. The van der Waals surface area contributed by atoms with Gasteiger partial charge >= 0.3 is 5.97 Å². The molecule has 0 aromatic carbocycles. The average molecular weight is 442 g/mol. The molecule has 0 saturated heterocycles. The summed E-state index contributed by atoms with van der Waals surface area (Å²) in [6, 6.07) is 0. The van der Waals surface area contributed by atoms with Crippen molar-refractivity contribution in [1.29, 1.82) is 0 Å². The van der Waals surface area contributed by atoms with E-state index in [-0.39, 0.29) is 11.9 Å². The second kappa shape index (κ2) is 18.5. The monoisotopic (exact) mass is 442 g/mol. The number of hydrogen-bond donors (Lipinski definition) is 0. The van der Waals surface area contributed by atoms with E-state index in [1.54, 1.807) is 0 Å². The average Bonchev–Trinajstić information content (AvgIpc) is 2.56. The first kappa shape index (κ1) is 23.1. The SMILES string of the molecule is CCCCC(CC)C(=O)OCCOCCOCCCCCCI. The number of alkyl halides is 1. The van der Waals surface area contributed by atoms with Gasteiger partial charge in [-0.05, 0) is 30.1 Å². The van der Waals surface area contributed by atoms with E-state index in [1.807, 2.05) is 6.92 Å². The number of carbonyl (C=O) groups is 1. The number of ether oxygens (including phenoxy) is 3. The lowest BCUT2D eigenvalue weighted by Crippen LogP contribution is -2.20. The summed E-state index contributed by atoms with van der Waals surface area (Å²) in [4.78, 5) is 11.9. The molecule has 0 amide bonds. The summed E-state index contributed by atoms with van der Waals surface area (Å²) in [5.41, 5.74) is 0. The highest BCUT2D eigenvalue weighted by molar-refractivity contribution is 14.1. The number of unbranched alkanes of at least 4 members (excludes halogenated alkanes) is 4. The lowest BCUT2D eigenvalue weighted by molar-refractivity contribution is -0.150. The summed E-state index contributed by atoms with van der Waals surface area (Å²) in [7, 11) is 0. The molecule has 0 N–H and O–H groups in total. The maximum absolute atomic E-state index is 11.9. The molecule has 1 atom stereocenters. The highest BCUT2D eigenvalue weighted by Crippen LogP contribution is 2.14. The van der Waals surface area contributed by atoms with Gasteiger partial charge in [0.25, 0.3) is 0 Å². The lowest BCUT2D eigenvalue weighted by Gasteiger charge is -2.13. The fourth-order valence-corrected chi connectivity index (χ4v) is 2.77. The van der Waals surface area contributed by atoms with Gasteiger partial charge in [0.05, 0.1) is 25.7 Å². The highest BCUT2D eigenvalue weighted by Gasteiger charge is 2.16. The zero-order valence-corrected chi connectivity index (χ0v) is 17.1. The van der Waals surface area contributed by atoms with Crippen molar-refractivity contribution >= 4 is 28.6 Å². The number of hydrogen-bond acceptors (Lipinski definition) is 4. The topological polar surface area (TPSA) is 44.8 Å². The molecular formula is C18H35IO4. The van der Waals surface area contributed by atoms with Crippen LogP contribution in [0.1, 0.15) is 65.2 Å². The third kappa shape index (κ3) is 15.4. The van der Waals surface area contributed by atoms with Crippen molar-refractivity contribution in [3.05, 3.63) is 0 Å². The molecule has 0 radical (unpaired) electrons. The van der Waals surface area contributed by atoms with E-state index >= 15 is 0 Å². The molecule has 4 nitrogen and oxygen atoms in total. The van der Waals surface area contributed by atoms with Gasteiger partial charge in [0.15, 0.2) is 0 Å². The quantitative estimate of drug-likeness (QED) is 0.141. The van der Waals surface area contributed by atoms with Crippen LogP contribution in [0.25, 0.3) is 0 Å². The van der Waals surface area contributed by atoms with E-state index in [9.17, 15) is 4.79 Å². The van der Waals surface area contributed by atoms with Crippen LogP contribution in [0.5, 0.6) is 0 Å². The summed E-state index contributed by atoms with van der Waals surface area (Å²) in [6.07, 6.45) is 8.96. The third-order valence-corrected chi connectivity index (χ3v) is 4.51. The molecule has 5 heteroatoms. The second-order valence-electron chi connectivity index (χ2n) is 5.74. The minimum atomic E-state index is -0.0766. The molecule has 0 heterocycles. The summed E-state index contributed by atoms with van der Waals surface area (Å²) in [5.74, 6) is -0.0298. The largest absolute Gasteiger partial charge is 0.463 e. The Morgan fingerprint density at radius 2 is 1.52 bits per heavy atom. The minimum Gasteiger partial charge on any atom is -0.463 e. The van der Waals surface area contributed by atoms with Crippen molar-refractivity contribution in [3.8, 4) is 0 Å². The summed E-state index contributed by atoms with van der Waals surface area (Å²) < 4.78 is 17.4. The Bertz CT molecular complexity index is 261. The molecule has 0 aliphatic carbocycles. The fraction of sp³-hybridized carbons (Fsp3) is 0.944. The Kier molecular flexibility index (Phi) is 18.6. The van der Waals surface area contributed by atoms with Gasteiger partial charge in [-0.1, -0.05) is 62.1 Å². The van der Waals surface area contributed by atoms with Crippen LogP contribution >= 0.6 is 22.6 Å². The molecule has 0 aliphatic heterocycles. The van der Waals surface area contributed by atoms with Crippen LogP contribution in [0.2, 0.25) is 0 Å². The summed E-state index contributed by atoms with van der Waals surface area (Å²) in [6.45, 7) is 6.98. The Morgan fingerprint density at radius 3 is 2.17 bits per heavy atom.